The first-order valence-electron chi connectivity index (χ1n) is 8.43. The SMILES string of the molecule is Cc1ccc(CNCCN2CCCC(C(C)(C)C)CC2)s1. The van der Waals surface area contributed by atoms with Crippen molar-refractivity contribution in [3.63, 3.8) is 0 Å². The Hall–Kier alpha value is -0.380. The molecule has 1 unspecified atom stereocenters. The first-order chi connectivity index (χ1) is 9.95. The highest BCUT2D eigenvalue weighted by Gasteiger charge is 2.26. The summed E-state index contributed by atoms with van der Waals surface area (Å²) in [5.41, 5.74) is 0.477. The standard InChI is InChI=1S/C18H32N2S/c1-15-7-8-17(21-15)14-19-10-13-20-11-5-6-16(9-12-20)18(2,3)4/h7-8,16,19H,5-6,9-14H2,1-4H3. The first kappa shape index (κ1) is 17.0. The Morgan fingerprint density at radius 1 is 1.24 bits per heavy atom. The van der Waals surface area contributed by atoms with Crippen LogP contribution in [0.15, 0.2) is 12.1 Å². The van der Waals surface area contributed by atoms with E-state index in [0.717, 1.165) is 19.0 Å². The molecule has 1 N–H and O–H groups in total. The monoisotopic (exact) mass is 308 g/mol. The molecule has 3 heteroatoms. The number of nitrogens with zero attached hydrogens (tertiary/aromatic N) is 1. The van der Waals surface area contributed by atoms with E-state index in [2.05, 4.69) is 50.0 Å². The number of hydrogen-bond acceptors (Lipinski definition) is 3. The molecule has 0 saturated carbocycles. The zero-order chi connectivity index (χ0) is 15.3. The summed E-state index contributed by atoms with van der Waals surface area (Å²) in [6, 6.07) is 4.45. The third-order valence-corrected chi connectivity index (χ3v) is 5.75. The quantitative estimate of drug-likeness (QED) is 0.816. The summed E-state index contributed by atoms with van der Waals surface area (Å²) in [4.78, 5) is 5.52. The van der Waals surface area contributed by atoms with Gasteiger partial charge in [-0.1, -0.05) is 20.8 Å². The van der Waals surface area contributed by atoms with Crippen molar-refractivity contribution in [2.24, 2.45) is 11.3 Å². The number of aryl methyl sites for hydroxylation is 1. The van der Waals surface area contributed by atoms with Gasteiger partial charge in [0, 0.05) is 29.4 Å². The number of nitrogens with one attached hydrogen (secondary N) is 1. The molecule has 0 aromatic carbocycles. The highest BCUT2D eigenvalue weighted by atomic mass is 32.1. The summed E-state index contributed by atoms with van der Waals surface area (Å²) >= 11 is 1.90. The predicted molar refractivity (Wildman–Crippen MR) is 94.0 cm³/mol. The van der Waals surface area contributed by atoms with Crippen LogP contribution in [0.1, 0.15) is 49.8 Å². The van der Waals surface area contributed by atoms with E-state index in [1.807, 2.05) is 11.3 Å². The molecule has 0 bridgehead atoms. The topological polar surface area (TPSA) is 15.3 Å². The molecule has 2 nitrogen and oxygen atoms in total. The Bertz CT molecular complexity index is 419. The molecule has 2 rings (SSSR count). The van der Waals surface area contributed by atoms with Crippen molar-refractivity contribution in [1.29, 1.82) is 0 Å². The van der Waals surface area contributed by atoms with Crippen molar-refractivity contribution in [2.45, 2.75) is 53.5 Å². The highest BCUT2D eigenvalue weighted by Crippen LogP contribution is 2.34. The van der Waals surface area contributed by atoms with Gasteiger partial charge in [0.1, 0.15) is 0 Å². The van der Waals surface area contributed by atoms with Gasteiger partial charge in [0.15, 0.2) is 0 Å². The van der Waals surface area contributed by atoms with Crippen LogP contribution in [-0.2, 0) is 6.54 Å². The molecule has 0 radical (unpaired) electrons. The molecular weight excluding hydrogens is 276 g/mol. The fraction of sp³-hybridized carbons (Fsp3) is 0.778. The van der Waals surface area contributed by atoms with Crippen molar-refractivity contribution in [1.82, 2.24) is 10.2 Å². The van der Waals surface area contributed by atoms with Crippen molar-refractivity contribution < 1.29 is 0 Å². The van der Waals surface area contributed by atoms with E-state index in [4.69, 9.17) is 0 Å². The number of hydrogen-bond donors (Lipinski definition) is 1. The van der Waals surface area contributed by atoms with Gasteiger partial charge in [0.2, 0.25) is 0 Å². The van der Waals surface area contributed by atoms with Crippen molar-refractivity contribution in [2.75, 3.05) is 26.2 Å². The molecule has 1 aliphatic rings. The Labute approximate surface area is 134 Å². The van der Waals surface area contributed by atoms with Crippen LogP contribution in [0.4, 0.5) is 0 Å². The van der Waals surface area contributed by atoms with Crippen LogP contribution in [0.3, 0.4) is 0 Å². The minimum Gasteiger partial charge on any atom is -0.311 e. The smallest absolute Gasteiger partial charge is 0.0300 e. The zero-order valence-corrected chi connectivity index (χ0v) is 15.1. The van der Waals surface area contributed by atoms with Gasteiger partial charge in [-0.3, -0.25) is 0 Å². The van der Waals surface area contributed by atoms with Crippen LogP contribution < -0.4 is 5.32 Å². The van der Waals surface area contributed by atoms with Crippen LogP contribution in [0.25, 0.3) is 0 Å². The third kappa shape index (κ3) is 5.72. The average Bonchev–Trinajstić information content (AvgIpc) is 2.68. The van der Waals surface area contributed by atoms with Crippen molar-refractivity contribution >= 4 is 11.3 Å². The lowest BCUT2D eigenvalue weighted by Gasteiger charge is -2.29. The highest BCUT2D eigenvalue weighted by molar-refractivity contribution is 7.11. The molecule has 1 atom stereocenters. The van der Waals surface area contributed by atoms with Gasteiger partial charge >= 0.3 is 0 Å². The molecule has 0 spiro atoms. The van der Waals surface area contributed by atoms with Gasteiger partial charge in [0.25, 0.3) is 0 Å². The van der Waals surface area contributed by atoms with Gasteiger partial charge in [-0.15, -0.1) is 11.3 Å². The molecule has 0 amide bonds. The molecule has 2 heterocycles. The maximum atomic E-state index is 3.59. The third-order valence-electron chi connectivity index (χ3n) is 4.75. The largest absolute Gasteiger partial charge is 0.311 e. The molecule has 1 saturated heterocycles. The fourth-order valence-corrected chi connectivity index (χ4v) is 4.13. The Morgan fingerprint density at radius 2 is 2.05 bits per heavy atom. The second-order valence-corrected chi connectivity index (χ2v) is 8.90. The normalized spacial score (nSPS) is 21.4. The maximum Gasteiger partial charge on any atom is 0.0300 e. The summed E-state index contributed by atoms with van der Waals surface area (Å²) in [6.45, 7) is 15.3. The second kappa shape index (κ2) is 7.75. The lowest BCUT2D eigenvalue weighted by molar-refractivity contribution is 0.208. The van der Waals surface area contributed by atoms with Gasteiger partial charge in [-0.05, 0) is 62.7 Å². The average molecular weight is 309 g/mol. The molecule has 1 aromatic heterocycles. The maximum absolute atomic E-state index is 3.59. The van der Waals surface area contributed by atoms with E-state index in [-0.39, 0.29) is 0 Å². The van der Waals surface area contributed by atoms with Gasteiger partial charge < -0.3 is 10.2 Å². The van der Waals surface area contributed by atoms with Gasteiger partial charge in [-0.2, -0.15) is 0 Å². The van der Waals surface area contributed by atoms with Crippen LogP contribution in [-0.4, -0.2) is 31.1 Å². The molecule has 120 valence electrons. The van der Waals surface area contributed by atoms with E-state index < -0.39 is 0 Å². The summed E-state index contributed by atoms with van der Waals surface area (Å²) in [7, 11) is 0. The summed E-state index contributed by atoms with van der Waals surface area (Å²) in [5, 5.41) is 3.59. The first-order valence-corrected chi connectivity index (χ1v) is 9.25. The van der Waals surface area contributed by atoms with E-state index in [0.29, 0.717) is 5.41 Å². The fourth-order valence-electron chi connectivity index (χ4n) is 3.27. The van der Waals surface area contributed by atoms with E-state index in [9.17, 15) is 0 Å². The number of thiophene rings is 1. The lowest BCUT2D eigenvalue weighted by atomic mass is 9.77. The van der Waals surface area contributed by atoms with E-state index in [1.165, 1.54) is 48.7 Å². The summed E-state index contributed by atoms with van der Waals surface area (Å²) < 4.78 is 0. The second-order valence-electron chi connectivity index (χ2n) is 7.52. The number of likely N-dealkylation sites (tertiary alicyclic amines) is 1. The summed E-state index contributed by atoms with van der Waals surface area (Å²) in [6.07, 6.45) is 4.14. The van der Waals surface area contributed by atoms with Crippen LogP contribution in [0, 0.1) is 18.3 Å². The Kier molecular flexibility index (Phi) is 6.27. The van der Waals surface area contributed by atoms with Crippen LogP contribution in [0.2, 0.25) is 0 Å². The van der Waals surface area contributed by atoms with E-state index in [1.54, 1.807) is 0 Å². The number of rotatable bonds is 5. The minimum atomic E-state index is 0.477. The zero-order valence-electron chi connectivity index (χ0n) is 14.2. The van der Waals surface area contributed by atoms with Crippen molar-refractivity contribution in [3.05, 3.63) is 21.9 Å². The van der Waals surface area contributed by atoms with E-state index >= 15 is 0 Å². The molecule has 1 fully saturated rings. The molecule has 1 aromatic rings. The molecular formula is C18H32N2S. The van der Waals surface area contributed by atoms with Gasteiger partial charge in [-0.25, -0.2) is 0 Å². The Balaban J connectivity index is 1.65. The minimum absolute atomic E-state index is 0.477. The molecule has 0 aliphatic carbocycles. The van der Waals surface area contributed by atoms with Crippen molar-refractivity contribution in [3.8, 4) is 0 Å². The van der Waals surface area contributed by atoms with Crippen LogP contribution in [0.5, 0.6) is 0 Å². The van der Waals surface area contributed by atoms with Crippen LogP contribution >= 0.6 is 11.3 Å². The summed E-state index contributed by atoms with van der Waals surface area (Å²) in [5.74, 6) is 0.893. The molecule has 21 heavy (non-hydrogen) atoms. The lowest BCUT2D eigenvalue weighted by Crippen LogP contribution is -2.33. The Morgan fingerprint density at radius 3 is 2.71 bits per heavy atom. The predicted octanol–water partition coefficient (Wildman–Crippen LogP) is 4.29. The molecule has 1 aliphatic heterocycles. The van der Waals surface area contributed by atoms with Gasteiger partial charge in [0.05, 0.1) is 0 Å².